The van der Waals surface area contributed by atoms with Crippen molar-refractivity contribution in [3.05, 3.63) is 0 Å². The number of aliphatic carboxylic acids is 3. The van der Waals surface area contributed by atoms with E-state index >= 15 is 0 Å². The summed E-state index contributed by atoms with van der Waals surface area (Å²) in [6.45, 7) is 3.51. The summed E-state index contributed by atoms with van der Waals surface area (Å²) in [5, 5.41) is 36.8. The van der Waals surface area contributed by atoms with E-state index in [-0.39, 0.29) is 6.42 Å². The minimum absolute atomic E-state index is 0.185. The molecule has 0 radical (unpaired) electrons. The van der Waals surface area contributed by atoms with Crippen LogP contribution in [0.4, 0.5) is 0 Å². The summed E-state index contributed by atoms with van der Waals surface area (Å²) >= 11 is 0. The fraction of sp³-hybridized carbons (Fsp3) is 0.850. The van der Waals surface area contributed by atoms with Gasteiger partial charge in [0.2, 0.25) is 0 Å². The molecule has 27 heavy (non-hydrogen) atoms. The van der Waals surface area contributed by atoms with Gasteiger partial charge in [-0.25, -0.2) is 0 Å². The molecule has 7 nitrogen and oxygen atoms in total. The molecule has 0 unspecified atom stereocenters. The van der Waals surface area contributed by atoms with Crippen molar-refractivity contribution in [1.82, 2.24) is 0 Å². The van der Waals surface area contributed by atoms with E-state index in [0.29, 0.717) is 12.8 Å². The average Bonchev–Trinajstić information content (AvgIpc) is 2.50. The lowest BCUT2D eigenvalue weighted by Crippen LogP contribution is -2.34. The van der Waals surface area contributed by atoms with Gasteiger partial charge in [0.15, 0.2) is 0 Å². The van der Waals surface area contributed by atoms with Gasteiger partial charge < -0.3 is 20.4 Å². The van der Waals surface area contributed by atoms with Crippen LogP contribution in [0.3, 0.4) is 0 Å². The zero-order chi connectivity index (χ0) is 20.9. The van der Waals surface area contributed by atoms with Crippen LogP contribution in [0, 0.1) is 5.41 Å². The van der Waals surface area contributed by atoms with Crippen molar-refractivity contribution < 1.29 is 34.8 Å². The van der Waals surface area contributed by atoms with Crippen LogP contribution >= 0.6 is 0 Å². The number of carboxylic acids is 3. The van der Waals surface area contributed by atoms with Gasteiger partial charge in [-0.2, -0.15) is 0 Å². The van der Waals surface area contributed by atoms with Crippen LogP contribution in [-0.2, 0) is 14.4 Å². The molecule has 0 spiro atoms. The number of carboxylic acid groups (broad SMARTS) is 3. The summed E-state index contributed by atoms with van der Waals surface area (Å²) in [6, 6.07) is 0. The first-order chi connectivity index (χ1) is 12.5. The third-order valence-electron chi connectivity index (χ3n) is 4.98. The Balaban J connectivity index is 3.72. The van der Waals surface area contributed by atoms with Crippen molar-refractivity contribution in [2.75, 3.05) is 0 Å². The molecular weight excluding hydrogens is 352 g/mol. The molecular formula is C20H36O7. The Hall–Kier alpha value is -1.63. The molecule has 0 aliphatic heterocycles. The van der Waals surface area contributed by atoms with Crippen LogP contribution in [-0.4, -0.2) is 43.9 Å². The lowest BCUT2D eigenvalue weighted by atomic mass is 9.87. The second-order valence-electron chi connectivity index (χ2n) is 8.24. The van der Waals surface area contributed by atoms with E-state index in [4.69, 9.17) is 15.3 Å². The minimum atomic E-state index is -1.67. The molecule has 0 atom stereocenters. The van der Waals surface area contributed by atoms with Crippen molar-refractivity contribution in [3.63, 3.8) is 0 Å². The lowest BCUT2D eigenvalue weighted by molar-refractivity contribution is -0.149. The largest absolute Gasteiger partial charge is 0.481 e. The van der Waals surface area contributed by atoms with Gasteiger partial charge in [-0.3, -0.25) is 14.4 Å². The molecule has 0 aromatic carbocycles. The van der Waals surface area contributed by atoms with Crippen molar-refractivity contribution in [1.29, 1.82) is 0 Å². The van der Waals surface area contributed by atoms with Gasteiger partial charge in [-0.1, -0.05) is 57.8 Å². The molecule has 7 heteroatoms. The molecule has 0 fully saturated rings. The van der Waals surface area contributed by atoms with Gasteiger partial charge >= 0.3 is 17.9 Å². The standard InChI is InChI=1S/C20H36O7/c1-19(2,18(25)26)12-10-8-6-4-3-5-7-9-11-13-20(27,14-16(21)22)15-17(23)24/h27H,3-15H2,1-2H3,(H,21,22)(H,23,24)(H,25,26). The van der Waals surface area contributed by atoms with Gasteiger partial charge in [0.1, 0.15) is 0 Å². The van der Waals surface area contributed by atoms with E-state index < -0.39 is 41.8 Å². The van der Waals surface area contributed by atoms with Crippen molar-refractivity contribution >= 4 is 17.9 Å². The molecule has 0 aliphatic rings. The maximum absolute atomic E-state index is 11.0. The number of carbonyl (C=O) groups is 3. The summed E-state index contributed by atoms with van der Waals surface area (Å²) in [4.78, 5) is 32.6. The van der Waals surface area contributed by atoms with Crippen LogP contribution in [0.5, 0.6) is 0 Å². The van der Waals surface area contributed by atoms with Crippen molar-refractivity contribution in [3.8, 4) is 0 Å². The Bertz CT molecular complexity index is 455. The highest BCUT2D eigenvalue weighted by Gasteiger charge is 2.32. The first kappa shape index (κ1) is 25.4. The highest BCUT2D eigenvalue weighted by Crippen LogP contribution is 2.25. The van der Waals surface area contributed by atoms with E-state index in [2.05, 4.69) is 0 Å². The second-order valence-corrected chi connectivity index (χ2v) is 8.24. The van der Waals surface area contributed by atoms with E-state index in [1.54, 1.807) is 13.8 Å². The Morgan fingerprint density at radius 3 is 1.30 bits per heavy atom. The summed E-state index contributed by atoms with van der Waals surface area (Å²) < 4.78 is 0. The highest BCUT2D eigenvalue weighted by molar-refractivity contribution is 5.73. The van der Waals surface area contributed by atoms with Crippen LogP contribution < -0.4 is 0 Å². The summed E-state index contributed by atoms with van der Waals surface area (Å²) in [5.41, 5.74) is -2.31. The summed E-state index contributed by atoms with van der Waals surface area (Å²) in [7, 11) is 0. The Kier molecular flexibility index (Phi) is 11.9. The predicted octanol–water partition coefficient (Wildman–Crippen LogP) is 4.07. The van der Waals surface area contributed by atoms with Crippen LogP contribution in [0.2, 0.25) is 0 Å². The van der Waals surface area contributed by atoms with Gasteiger partial charge in [0.05, 0.1) is 23.9 Å². The van der Waals surface area contributed by atoms with Crippen LogP contribution in [0.1, 0.15) is 97.3 Å². The molecule has 0 aromatic rings. The first-order valence-electron chi connectivity index (χ1n) is 9.88. The third-order valence-corrected chi connectivity index (χ3v) is 4.98. The topological polar surface area (TPSA) is 132 Å². The number of hydrogen-bond acceptors (Lipinski definition) is 4. The Morgan fingerprint density at radius 1 is 0.630 bits per heavy atom. The van der Waals surface area contributed by atoms with Gasteiger partial charge in [0.25, 0.3) is 0 Å². The molecule has 0 aliphatic carbocycles. The van der Waals surface area contributed by atoms with Crippen LogP contribution in [0.25, 0.3) is 0 Å². The van der Waals surface area contributed by atoms with E-state index in [1.807, 2.05) is 0 Å². The fourth-order valence-electron chi connectivity index (χ4n) is 3.17. The normalized spacial score (nSPS) is 12.1. The molecule has 0 saturated carbocycles. The Morgan fingerprint density at radius 2 is 0.963 bits per heavy atom. The smallest absolute Gasteiger partial charge is 0.309 e. The van der Waals surface area contributed by atoms with E-state index in [9.17, 15) is 19.5 Å². The van der Waals surface area contributed by atoms with Gasteiger partial charge in [-0.05, 0) is 26.7 Å². The monoisotopic (exact) mass is 388 g/mol. The minimum Gasteiger partial charge on any atom is -0.481 e. The van der Waals surface area contributed by atoms with Crippen molar-refractivity contribution in [2.45, 2.75) is 103 Å². The van der Waals surface area contributed by atoms with Gasteiger partial charge in [-0.15, -0.1) is 0 Å². The molecule has 4 N–H and O–H groups in total. The number of unbranched alkanes of at least 4 members (excludes halogenated alkanes) is 8. The zero-order valence-electron chi connectivity index (χ0n) is 16.7. The average molecular weight is 389 g/mol. The van der Waals surface area contributed by atoms with E-state index in [1.165, 1.54) is 0 Å². The zero-order valence-corrected chi connectivity index (χ0v) is 16.7. The number of rotatable bonds is 17. The second kappa shape index (κ2) is 12.7. The molecule has 0 heterocycles. The predicted molar refractivity (Wildman–Crippen MR) is 102 cm³/mol. The molecule has 0 aromatic heterocycles. The molecule has 0 rings (SSSR count). The van der Waals surface area contributed by atoms with Crippen LogP contribution in [0.15, 0.2) is 0 Å². The summed E-state index contributed by atoms with van der Waals surface area (Å²) in [5.74, 6) is -3.13. The number of aliphatic hydroxyl groups is 1. The third kappa shape index (κ3) is 13.2. The lowest BCUT2D eigenvalue weighted by Gasteiger charge is -2.24. The highest BCUT2D eigenvalue weighted by atomic mass is 16.4. The molecule has 0 saturated heterocycles. The summed E-state index contributed by atoms with van der Waals surface area (Å²) in [6.07, 6.45) is 8.52. The Labute approximate surface area is 161 Å². The maximum Gasteiger partial charge on any atom is 0.309 e. The first-order valence-corrected chi connectivity index (χ1v) is 9.88. The molecule has 158 valence electrons. The van der Waals surface area contributed by atoms with Crippen molar-refractivity contribution in [2.24, 2.45) is 5.41 Å². The maximum atomic E-state index is 11.0. The fourth-order valence-corrected chi connectivity index (χ4v) is 3.17. The SMILES string of the molecule is CC(C)(CCCCCCCCCCCC(O)(CC(=O)O)CC(=O)O)C(=O)O. The molecule has 0 bridgehead atoms. The quantitative estimate of drug-likeness (QED) is 0.276. The number of hydrogen-bond donors (Lipinski definition) is 4. The van der Waals surface area contributed by atoms with Gasteiger partial charge in [0, 0.05) is 0 Å². The molecule has 0 amide bonds. The van der Waals surface area contributed by atoms with E-state index in [0.717, 1.165) is 51.4 Å².